The largest absolute Gasteiger partial charge is 0.330 e. The lowest BCUT2D eigenvalue weighted by Crippen LogP contribution is -2.08. The Morgan fingerprint density at radius 3 is 2.59 bits per heavy atom. The van der Waals surface area contributed by atoms with E-state index in [4.69, 9.17) is 5.73 Å². The van der Waals surface area contributed by atoms with Crippen LogP contribution in [0.2, 0.25) is 0 Å². The molecule has 2 aromatic rings. The van der Waals surface area contributed by atoms with Crippen molar-refractivity contribution in [2.75, 3.05) is 6.54 Å². The number of aromatic nitrogens is 2. The van der Waals surface area contributed by atoms with Gasteiger partial charge in [0.25, 0.3) is 0 Å². The van der Waals surface area contributed by atoms with E-state index in [1.807, 2.05) is 0 Å². The molecule has 0 bridgehead atoms. The summed E-state index contributed by atoms with van der Waals surface area (Å²) < 4.78 is 2.27. The second-order valence-corrected chi connectivity index (χ2v) is 5.01. The van der Waals surface area contributed by atoms with Gasteiger partial charge in [0.05, 0.1) is 11.0 Å². The van der Waals surface area contributed by atoms with Crippen LogP contribution >= 0.6 is 0 Å². The van der Waals surface area contributed by atoms with Gasteiger partial charge >= 0.3 is 0 Å². The van der Waals surface area contributed by atoms with E-state index >= 15 is 0 Å². The van der Waals surface area contributed by atoms with Crippen LogP contribution in [0.4, 0.5) is 0 Å². The minimum atomic E-state index is 0.393. The van der Waals surface area contributed by atoms with Crippen LogP contribution in [0.5, 0.6) is 0 Å². The van der Waals surface area contributed by atoms with Crippen molar-refractivity contribution in [3.05, 3.63) is 29.6 Å². The molecule has 0 fully saturated rings. The van der Waals surface area contributed by atoms with Gasteiger partial charge in [-0.05, 0) is 50.9 Å². The second kappa shape index (κ2) is 4.49. The fraction of sp³-hybridized carbons (Fsp3) is 0.500. The van der Waals surface area contributed by atoms with Crippen molar-refractivity contribution in [2.24, 2.45) is 5.73 Å². The number of imidazole rings is 1. The molecule has 0 aliphatic carbocycles. The molecule has 17 heavy (non-hydrogen) atoms. The van der Waals surface area contributed by atoms with Crippen molar-refractivity contribution < 1.29 is 0 Å². The number of aryl methyl sites for hydroxylation is 1. The number of rotatable bonds is 3. The minimum absolute atomic E-state index is 0.393. The Morgan fingerprint density at radius 2 is 2.00 bits per heavy atom. The van der Waals surface area contributed by atoms with Crippen molar-refractivity contribution in [3.63, 3.8) is 0 Å². The van der Waals surface area contributed by atoms with E-state index in [1.165, 1.54) is 11.1 Å². The summed E-state index contributed by atoms with van der Waals surface area (Å²) in [6.07, 6.45) is 0. The lowest BCUT2D eigenvalue weighted by Gasteiger charge is -2.12. The molecule has 0 saturated carbocycles. The van der Waals surface area contributed by atoms with E-state index in [2.05, 4.69) is 55.4 Å². The fourth-order valence-corrected chi connectivity index (χ4v) is 2.33. The summed E-state index contributed by atoms with van der Waals surface area (Å²) in [6, 6.07) is 6.94. The van der Waals surface area contributed by atoms with E-state index in [0.717, 1.165) is 11.3 Å². The van der Waals surface area contributed by atoms with Gasteiger partial charge in [0.2, 0.25) is 0 Å². The summed E-state index contributed by atoms with van der Waals surface area (Å²) >= 11 is 0. The molecule has 0 aliphatic rings. The SMILES string of the molecule is Cc1nc2cc(C(C)CN)ccc2n1C(C)C. The molecule has 1 heterocycles. The average molecular weight is 231 g/mol. The predicted octanol–water partition coefficient (Wildman–Crippen LogP) is 2.99. The molecule has 3 nitrogen and oxygen atoms in total. The van der Waals surface area contributed by atoms with E-state index in [0.29, 0.717) is 18.5 Å². The zero-order valence-electron chi connectivity index (χ0n) is 11.1. The molecule has 0 aliphatic heterocycles. The van der Waals surface area contributed by atoms with Crippen LogP contribution < -0.4 is 5.73 Å². The molecule has 1 aromatic heterocycles. The number of nitrogens with zero attached hydrogens (tertiary/aromatic N) is 2. The van der Waals surface area contributed by atoms with Gasteiger partial charge in [-0.1, -0.05) is 13.0 Å². The molecule has 0 radical (unpaired) electrons. The highest BCUT2D eigenvalue weighted by molar-refractivity contribution is 5.77. The monoisotopic (exact) mass is 231 g/mol. The molecule has 0 spiro atoms. The third-order valence-corrected chi connectivity index (χ3v) is 3.33. The first-order valence-corrected chi connectivity index (χ1v) is 6.23. The number of fused-ring (bicyclic) bond motifs is 1. The average Bonchev–Trinajstić information content (AvgIpc) is 2.62. The van der Waals surface area contributed by atoms with E-state index < -0.39 is 0 Å². The standard InChI is InChI=1S/C14H21N3/c1-9(2)17-11(4)16-13-7-12(10(3)8-15)5-6-14(13)17/h5-7,9-10H,8,15H2,1-4H3. The Hall–Kier alpha value is -1.35. The Labute approximate surface area is 103 Å². The van der Waals surface area contributed by atoms with Gasteiger partial charge in [-0.25, -0.2) is 4.98 Å². The van der Waals surface area contributed by atoms with Crippen molar-refractivity contribution in [1.82, 2.24) is 9.55 Å². The fourth-order valence-electron chi connectivity index (χ4n) is 2.33. The maximum Gasteiger partial charge on any atom is 0.106 e. The maximum absolute atomic E-state index is 5.71. The molecular formula is C14H21N3. The normalized spacial score (nSPS) is 13.5. The van der Waals surface area contributed by atoms with Gasteiger partial charge in [-0.3, -0.25) is 0 Å². The van der Waals surface area contributed by atoms with Crippen molar-refractivity contribution in [1.29, 1.82) is 0 Å². The third kappa shape index (κ3) is 2.07. The van der Waals surface area contributed by atoms with E-state index in [1.54, 1.807) is 0 Å². The molecule has 0 saturated heterocycles. The minimum Gasteiger partial charge on any atom is -0.330 e. The van der Waals surface area contributed by atoms with Gasteiger partial charge in [-0.15, -0.1) is 0 Å². The summed E-state index contributed by atoms with van der Waals surface area (Å²) in [7, 11) is 0. The highest BCUT2D eigenvalue weighted by Gasteiger charge is 2.11. The zero-order chi connectivity index (χ0) is 12.6. The summed E-state index contributed by atoms with van der Waals surface area (Å²) in [5.41, 5.74) is 9.27. The van der Waals surface area contributed by atoms with Gasteiger partial charge in [0.1, 0.15) is 5.82 Å². The number of hydrogen-bond donors (Lipinski definition) is 1. The predicted molar refractivity (Wildman–Crippen MR) is 72.3 cm³/mol. The van der Waals surface area contributed by atoms with Crippen molar-refractivity contribution >= 4 is 11.0 Å². The molecule has 0 amide bonds. The van der Waals surface area contributed by atoms with Crippen molar-refractivity contribution in [3.8, 4) is 0 Å². The van der Waals surface area contributed by atoms with Gasteiger partial charge in [-0.2, -0.15) is 0 Å². The topological polar surface area (TPSA) is 43.8 Å². The summed E-state index contributed by atoms with van der Waals surface area (Å²) in [6.45, 7) is 9.25. The number of nitrogens with two attached hydrogens (primary N) is 1. The lowest BCUT2D eigenvalue weighted by atomic mass is 10.0. The highest BCUT2D eigenvalue weighted by atomic mass is 15.1. The number of hydrogen-bond acceptors (Lipinski definition) is 2. The summed E-state index contributed by atoms with van der Waals surface area (Å²) in [4.78, 5) is 4.63. The first-order chi connectivity index (χ1) is 8.04. The first-order valence-electron chi connectivity index (χ1n) is 6.23. The highest BCUT2D eigenvalue weighted by Crippen LogP contribution is 2.24. The van der Waals surface area contributed by atoms with Crippen LogP contribution in [0.3, 0.4) is 0 Å². The molecule has 1 aromatic carbocycles. The van der Waals surface area contributed by atoms with Crippen LogP contribution in [0.1, 0.15) is 44.1 Å². The van der Waals surface area contributed by atoms with Crippen LogP contribution in [0.25, 0.3) is 11.0 Å². The molecule has 1 unspecified atom stereocenters. The molecule has 92 valence electrons. The zero-order valence-corrected chi connectivity index (χ0v) is 11.1. The maximum atomic E-state index is 5.71. The third-order valence-electron chi connectivity index (χ3n) is 3.33. The summed E-state index contributed by atoms with van der Waals surface area (Å²) in [5, 5.41) is 0. The second-order valence-electron chi connectivity index (χ2n) is 5.01. The molecule has 2 rings (SSSR count). The Morgan fingerprint density at radius 1 is 1.29 bits per heavy atom. The summed E-state index contributed by atoms with van der Waals surface area (Å²) in [5.74, 6) is 1.47. The molecule has 3 heteroatoms. The van der Waals surface area contributed by atoms with Gasteiger partial charge < -0.3 is 10.3 Å². The van der Waals surface area contributed by atoms with Crippen LogP contribution in [0, 0.1) is 6.92 Å². The smallest absolute Gasteiger partial charge is 0.106 e. The first kappa shape index (κ1) is 12.1. The number of benzene rings is 1. The Kier molecular flexibility index (Phi) is 3.20. The van der Waals surface area contributed by atoms with Crippen LogP contribution in [0.15, 0.2) is 18.2 Å². The molecule has 1 atom stereocenters. The Bertz CT molecular complexity index is 525. The van der Waals surface area contributed by atoms with Gasteiger partial charge in [0.15, 0.2) is 0 Å². The molecular weight excluding hydrogens is 210 g/mol. The van der Waals surface area contributed by atoms with Crippen LogP contribution in [-0.2, 0) is 0 Å². The van der Waals surface area contributed by atoms with E-state index in [-0.39, 0.29) is 0 Å². The Balaban J connectivity index is 2.57. The quantitative estimate of drug-likeness (QED) is 0.882. The van der Waals surface area contributed by atoms with Crippen molar-refractivity contribution in [2.45, 2.75) is 39.7 Å². The lowest BCUT2D eigenvalue weighted by molar-refractivity contribution is 0.600. The molecule has 2 N–H and O–H groups in total. The van der Waals surface area contributed by atoms with Crippen LogP contribution in [-0.4, -0.2) is 16.1 Å². The van der Waals surface area contributed by atoms with E-state index in [9.17, 15) is 0 Å². The van der Waals surface area contributed by atoms with Gasteiger partial charge in [0, 0.05) is 6.04 Å².